The molecule has 1 unspecified atom stereocenters. The molecule has 1 amide bonds. The second-order valence-corrected chi connectivity index (χ2v) is 9.83. The minimum atomic E-state index is -1.48. The van der Waals surface area contributed by atoms with Gasteiger partial charge in [0.25, 0.3) is 0 Å². The fourth-order valence-corrected chi connectivity index (χ4v) is 5.61. The molecule has 0 radical (unpaired) electrons. The van der Waals surface area contributed by atoms with Gasteiger partial charge in [0, 0.05) is 26.9 Å². The van der Waals surface area contributed by atoms with E-state index >= 15 is 0 Å². The van der Waals surface area contributed by atoms with E-state index in [0.717, 1.165) is 24.8 Å². The number of amides is 1. The first-order chi connectivity index (χ1) is 14.6. The lowest BCUT2D eigenvalue weighted by Gasteiger charge is -2.41. The standard InChI is InChI=1S/C26H39NO4/c1-6-21-11-12-22-19(8-7-14-25(21,22)3)9-10-20-16-26(30,17-23(28)18(20)2)31-15-13-24(29)27(4)5/h9-11,22-23,28,30H,2,6-8,12-17H2,1,3-5H3/t22-,23?,25+,26+/m0/s1. The predicted octanol–water partition coefficient (Wildman–Crippen LogP) is 4.28. The normalized spacial score (nSPS) is 35.9. The molecule has 0 saturated heterocycles. The van der Waals surface area contributed by atoms with Crippen molar-refractivity contribution in [1.29, 1.82) is 0 Å². The highest BCUT2D eigenvalue weighted by Crippen LogP contribution is 2.55. The third-order valence-corrected chi connectivity index (χ3v) is 7.57. The molecule has 0 aromatic heterocycles. The highest BCUT2D eigenvalue weighted by Gasteiger charge is 2.44. The summed E-state index contributed by atoms with van der Waals surface area (Å²) in [5, 5.41) is 21.4. The lowest BCUT2D eigenvalue weighted by molar-refractivity contribution is -0.220. The Bertz CT molecular complexity index is 808. The van der Waals surface area contributed by atoms with E-state index in [1.165, 1.54) is 23.3 Å². The Hall–Kier alpha value is -1.69. The average Bonchev–Trinajstić information content (AvgIpc) is 3.06. The van der Waals surface area contributed by atoms with Crippen LogP contribution in [0.15, 0.2) is 47.1 Å². The van der Waals surface area contributed by atoms with Gasteiger partial charge in [-0.25, -0.2) is 0 Å². The van der Waals surface area contributed by atoms with Gasteiger partial charge in [-0.1, -0.05) is 49.8 Å². The van der Waals surface area contributed by atoms with Crippen LogP contribution >= 0.6 is 0 Å². The summed E-state index contributed by atoms with van der Waals surface area (Å²) < 4.78 is 5.68. The van der Waals surface area contributed by atoms with Crippen molar-refractivity contribution in [2.75, 3.05) is 20.7 Å². The van der Waals surface area contributed by atoms with Gasteiger partial charge in [-0.15, -0.1) is 0 Å². The summed E-state index contributed by atoms with van der Waals surface area (Å²) in [5.41, 5.74) is 4.77. The van der Waals surface area contributed by atoms with Gasteiger partial charge in [0.2, 0.25) is 5.91 Å². The van der Waals surface area contributed by atoms with Crippen LogP contribution in [0.2, 0.25) is 0 Å². The molecule has 3 aliphatic carbocycles. The van der Waals surface area contributed by atoms with Crippen LogP contribution in [-0.4, -0.2) is 53.6 Å². The average molecular weight is 430 g/mol. The molecule has 0 spiro atoms. The van der Waals surface area contributed by atoms with E-state index in [0.29, 0.717) is 11.5 Å². The number of carbonyl (C=O) groups excluding carboxylic acids is 1. The van der Waals surface area contributed by atoms with Crippen LogP contribution in [-0.2, 0) is 9.53 Å². The Morgan fingerprint density at radius 2 is 2.13 bits per heavy atom. The number of carbonyl (C=O) groups is 1. The smallest absolute Gasteiger partial charge is 0.224 e. The van der Waals surface area contributed by atoms with Gasteiger partial charge in [-0.3, -0.25) is 4.79 Å². The highest BCUT2D eigenvalue weighted by molar-refractivity contribution is 5.75. The molecule has 0 aromatic rings. The van der Waals surface area contributed by atoms with Crippen LogP contribution in [0.3, 0.4) is 0 Å². The van der Waals surface area contributed by atoms with Gasteiger partial charge < -0.3 is 19.8 Å². The van der Waals surface area contributed by atoms with Crippen molar-refractivity contribution >= 4 is 5.91 Å². The van der Waals surface area contributed by atoms with Crippen LogP contribution in [0.4, 0.5) is 0 Å². The Morgan fingerprint density at radius 1 is 1.39 bits per heavy atom. The van der Waals surface area contributed by atoms with Crippen molar-refractivity contribution in [3.05, 3.63) is 47.1 Å². The van der Waals surface area contributed by atoms with E-state index in [1.807, 2.05) is 6.08 Å². The van der Waals surface area contributed by atoms with E-state index < -0.39 is 11.9 Å². The Morgan fingerprint density at radius 3 is 2.81 bits per heavy atom. The molecule has 3 aliphatic rings. The van der Waals surface area contributed by atoms with Crippen molar-refractivity contribution in [2.24, 2.45) is 11.3 Å². The molecule has 0 aliphatic heterocycles. The molecule has 0 heterocycles. The monoisotopic (exact) mass is 429 g/mol. The van der Waals surface area contributed by atoms with Gasteiger partial charge in [-0.2, -0.15) is 0 Å². The van der Waals surface area contributed by atoms with Crippen molar-refractivity contribution in [2.45, 2.75) is 77.1 Å². The molecule has 3 rings (SSSR count). The summed E-state index contributed by atoms with van der Waals surface area (Å²) in [4.78, 5) is 13.3. The first-order valence-corrected chi connectivity index (χ1v) is 11.6. The minimum Gasteiger partial charge on any atom is -0.388 e. The Kier molecular flexibility index (Phi) is 7.29. The summed E-state index contributed by atoms with van der Waals surface area (Å²) >= 11 is 0. The number of hydrogen-bond acceptors (Lipinski definition) is 4. The number of hydrogen-bond donors (Lipinski definition) is 2. The zero-order valence-corrected chi connectivity index (χ0v) is 19.6. The van der Waals surface area contributed by atoms with Crippen LogP contribution < -0.4 is 0 Å². The van der Waals surface area contributed by atoms with Gasteiger partial charge >= 0.3 is 0 Å². The minimum absolute atomic E-state index is 0.0539. The van der Waals surface area contributed by atoms with Crippen LogP contribution in [0.25, 0.3) is 0 Å². The number of fused-ring (bicyclic) bond motifs is 1. The molecule has 5 nitrogen and oxygen atoms in total. The number of aliphatic hydroxyl groups excluding tert-OH is 1. The molecule has 0 bridgehead atoms. The molecule has 2 N–H and O–H groups in total. The van der Waals surface area contributed by atoms with E-state index in [9.17, 15) is 15.0 Å². The maximum absolute atomic E-state index is 11.8. The maximum Gasteiger partial charge on any atom is 0.224 e. The van der Waals surface area contributed by atoms with Gasteiger partial charge in [-0.05, 0) is 54.6 Å². The quantitative estimate of drug-likeness (QED) is 0.488. The van der Waals surface area contributed by atoms with E-state index in [4.69, 9.17) is 4.74 Å². The zero-order valence-electron chi connectivity index (χ0n) is 19.6. The third kappa shape index (κ3) is 5.05. The molecule has 2 saturated carbocycles. The fraction of sp³-hybridized carbons (Fsp3) is 0.654. The topological polar surface area (TPSA) is 70.0 Å². The molecule has 172 valence electrons. The number of allylic oxidation sites excluding steroid dienone is 5. The lowest BCUT2D eigenvalue weighted by atomic mass is 9.64. The predicted molar refractivity (Wildman–Crippen MR) is 123 cm³/mol. The summed E-state index contributed by atoms with van der Waals surface area (Å²) in [6, 6.07) is 0. The second-order valence-electron chi connectivity index (χ2n) is 9.83. The van der Waals surface area contributed by atoms with Crippen molar-refractivity contribution in [3.8, 4) is 0 Å². The van der Waals surface area contributed by atoms with Crippen molar-refractivity contribution in [1.82, 2.24) is 4.90 Å². The zero-order chi connectivity index (χ0) is 22.8. The van der Waals surface area contributed by atoms with E-state index in [1.54, 1.807) is 19.7 Å². The first-order valence-electron chi connectivity index (χ1n) is 11.6. The number of nitrogens with zero attached hydrogens (tertiary/aromatic N) is 1. The summed E-state index contributed by atoms with van der Waals surface area (Å²) in [6.07, 6.45) is 12.1. The first kappa shape index (κ1) is 24.0. The third-order valence-electron chi connectivity index (χ3n) is 7.57. The molecule has 4 atom stereocenters. The van der Waals surface area contributed by atoms with E-state index in [2.05, 4.69) is 32.6 Å². The van der Waals surface area contributed by atoms with Gasteiger partial charge in [0.15, 0.2) is 5.79 Å². The highest BCUT2D eigenvalue weighted by atomic mass is 16.6. The SMILES string of the molecule is C=C1C(=CC=C2CCC[C@]3(C)C(CC)=CC[C@@H]23)C[C@@](O)(OCCC(=O)N(C)C)CC1O. The van der Waals surface area contributed by atoms with Crippen LogP contribution in [0.5, 0.6) is 0 Å². The summed E-state index contributed by atoms with van der Waals surface area (Å²) in [7, 11) is 3.39. The maximum atomic E-state index is 11.8. The lowest BCUT2D eigenvalue weighted by Crippen LogP contribution is -2.42. The number of rotatable bonds is 6. The van der Waals surface area contributed by atoms with E-state index in [-0.39, 0.29) is 37.2 Å². The van der Waals surface area contributed by atoms with Gasteiger partial charge in [0.1, 0.15) is 0 Å². The van der Waals surface area contributed by atoms with Crippen LogP contribution in [0.1, 0.15) is 65.2 Å². The Labute approximate surface area is 187 Å². The summed E-state index contributed by atoms with van der Waals surface area (Å²) in [5.74, 6) is -0.994. The van der Waals surface area contributed by atoms with Crippen molar-refractivity contribution in [3.63, 3.8) is 0 Å². The summed E-state index contributed by atoms with van der Waals surface area (Å²) in [6.45, 7) is 8.83. The van der Waals surface area contributed by atoms with Crippen LogP contribution in [0, 0.1) is 11.3 Å². The molecular formula is C26H39NO4. The second kappa shape index (κ2) is 9.43. The molecule has 31 heavy (non-hydrogen) atoms. The largest absolute Gasteiger partial charge is 0.388 e. The molecule has 0 aromatic carbocycles. The van der Waals surface area contributed by atoms with Gasteiger partial charge in [0.05, 0.1) is 19.1 Å². The molecular weight excluding hydrogens is 390 g/mol. The molecule has 2 fully saturated rings. The number of aliphatic hydroxyl groups is 2. The fourth-order valence-electron chi connectivity index (χ4n) is 5.61. The van der Waals surface area contributed by atoms with Crippen molar-refractivity contribution < 1.29 is 19.7 Å². The Balaban J connectivity index is 1.73. The number of ether oxygens (including phenoxy) is 1. The molecule has 5 heteroatoms.